The van der Waals surface area contributed by atoms with Crippen LogP contribution in [0.4, 0.5) is 0 Å². The number of hydrogen-bond acceptors (Lipinski definition) is 2. The third kappa shape index (κ3) is 4.99. The van der Waals surface area contributed by atoms with Crippen LogP contribution in [0.2, 0.25) is 0 Å². The molecule has 5 heteroatoms. The zero-order valence-corrected chi connectivity index (χ0v) is 9.13. The first-order valence-corrected chi connectivity index (χ1v) is 5.06. The minimum Gasteiger partial charge on any atom is -0.386 e. The molecule has 6 N–H and O–H groups in total. The summed E-state index contributed by atoms with van der Waals surface area (Å²) < 4.78 is 0. The van der Waals surface area contributed by atoms with Crippen molar-refractivity contribution >= 4 is 11.8 Å². The molecule has 0 heterocycles. The SMILES string of the molecule is NC(N)=NCC(N)=NCCc1ccccc1. The molecule has 0 aromatic heterocycles. The van der Waals surface area contributed by atoms with Gasteiger partial charge in [0, 0.05) is 6.54 Å². The molecule has 0 saturated heterocycles. The van der Waals surface area contributed by atoms with Crippen molar-refractivity contribution in [2.75, 3.05) is 13.1 Å². The van der Waals surface area contributed by atoms with Crippen molar-refractivity contribution in [3.63, 3.8) is 0 Å². The van der Waals surface area contributed by atoms with Gasteiger partial charge in [-0.3, -0.25) is 4.99 Å². The predicted molar refractivity (Wildman–Crippen MR) is 67.3 cm³/mol. The van der Waals surface area contributed by atoms with E-state index in [0.29, 0.717) is 12.4 Å². The second kappa shape index (κ2) is 6.44. The van der Waals surface area contributed by atoms with Crippen LogP contribution < -0.4 is 17.2 Å². The molecule has 0 aliphatic heterocycles. The minimum absolute atomic E-state index is 0.0289. The summed E-state index contributed by atoms with van der Waals surface area (Å²) in [5.41, 5.74) is 17.2. The van der Waals surface area contributed by atoms with Crippen LogP contribution in [0.1, 0.15) is 5.56 Å². The number of nitrogens with zero attached hydrogens (tertiary/aromatic N) is 2. The molecule has 5 nitrogen and oxygen atoms in total. The van der Waals surface area contributed by atoms with Crippen LogP contribution in [0, 0.1) is 0 Å². The van der Waals surface area contributed by atoms with Gasteiger partial charge in [-0.05, 0) is 12.0 Å². The lowest BCUT2D eigenvalue weighted by Crippen LogP contribution is -2.26. The highest BCUT2D eigenvalue weighted by Crippen LogP contribution is 1.99. The van der Waals surface area contributed by atoms with Gasteiger partial charge in [0.2, 0.25) is 0 Å². The Morgan fingerprint density at radius 1 is 1.00 bits per heavy atom. The fraction of sp³-hybridized carbons (Fsp3) is 0.273. The quantitative estimate of drug-likeness (QED) is 0.474. The molecule has 0 fully saturated rings. The fourth-order valence-electron chi connectivity index (χ4n) is 1.20. The van der Waals surface area contributed by atoms with Gasteiger partial charge >= 0.3 is 0 Å². The van der Waals surface area contributed by atoms with Crippen LogP contribution in [-0.2, 0) is 6.42 Å². The largest absolute Gasteiger partial charge is 0.386 e. The third-order valence-corrected chi connectivity index (χ3v) is 1.98. The predicted octanol–water partition coefficient (Wildman–Crippen LogP) is -0.140. The lowest BCUT2D eigenvalue weighted by molar-refractivity contribution is 0.958. The van der Waals surface area contributed by atoms with E-state index in [1.165, 1.54) is 5.56 Å². The van der Waals surface area contributed by atoms with Gasteiger partial charge in [-0.1, -0.05) is 30.3 Å². The van der Waals surface area contributed by atoms with Crippen molar-refractivity contribution < 1.29 is 0 Å². The standard InChI is InChI=1S/C11H17N5/c12-10(8-16-11(13)14)15-7-6-9-4-2-1-3-5-9/h1-5H,6-8H2,(H2,12,15)(H4,13,14,16). The Labute approximate surface area is 95.1 Å². The highest BCUT2D eigenvalue weighted by molar-refractivity contribution is 5.85. The molecule has 1 rings (SSSR count). The number of nitrogens with two attached hydrogens (primary N) is 3. The molecule has 0 saturated carbocycles. The number of amidine groups is 1. The van der Waals surface area contributed by atoms with Gasteiger partial charge in [-0.25, -0.2) is 4.99 Å². The van der Waals surface area contributed by atoms with E-state index in [2.05, 4.69) is 22.1 Å². The average molecular weight is 219 g/mol. The van der Waals surface area contributed by atoms with E-state index >= 15 is 0 Å². The van der Waals surface area contributed by atoms with Crippen molar-refractivity contribution in [3.05, 3.63) is 35.9 Å². The number of benzene rings is 1. The molecular weight excluding hydrogens is 202 g/mol. The first-order chi connectivity index (χ1) is 7.68. The van der Waals surface area contributed by atoms with E-state index in [4.69, 9.17) is 17.2 Å². The molecule has 0 atom stereocenters. The van der Waals surface area contributed by atoms with Gasteiger partial charge in [-0.15, -0.1) is 0 Å². The van der Waals surface area contributed by atoms with Crippen LogP contribution in [0.5, 0.6) is 0 Å². The number of aliphatic imine (C=N–C) groups is 2. The van der Waals surface area contributed by atoms with E-state index in [-0.39, 0.29) is 12.5 Å². The molecule has 1 aromatic carbocycles. The fourth-order valence-corrected chi connectivity index (χ4v) is 1.20. The van der Waals surface area contributed by atoms with Crippen molar-refractivity contribution in [1.29, 1.82) is 0 Å². The molecule has 0 amide bonds. The van der Waals surface area contributed by atoms with Crippen LogP contribution in [-0.4, -0.2) is 24.9 Å². The van der Waals surface area contributed by atoms with Gasteiger partial charge in [0.05, 0.1) is 6.54 Å². The van der Waals surface area contributed by atoms with Crippen molar-refractivity contribution in [1.82, 2.24) is 0 Å². The monoisotopic (exact) mass is 219 g/mol. The Morgan fingerprint density at radius 3 is 2.31 bits per heavy atom. The van der Waals surface area contributed by atoms with Crippen LogP contribution in [0.15, 0.2) is 40.3 Å². The molecule has 0 spiro atoms. The van der Waals surface area contributed by atoms with E-state index in [1.807, 2.05) is 18.2 Å². The molecule has 0 aliphatic rings. The van der Waals surface area contributed by atoms with Crippen molar-refractivity contribution in [3.8, 4) is 0 Å². The van der Waals surface area contributed by atoms with Crippen molar-refractivity contribution in [2.45, 2.75) is 6.42 Å². The van der Waals surface area contributed by atoms with E-state index in [9.17, 15) is 0 Å². The Kier molecular flexibility index (Phi) is 4.85. The number of hydrogen-bond donors (Lipinski definition) is 3. The minimum atomic E-state index is 0.0289. The van der Waals surface area contributed by atoms with E-state index in [0.717, 1.165) is 6.42 Å². The number of rotatable bonds is 5. The summed E-state index contributed by atoms with van der Waals surface area (Å²) >= 11 is 0. The second-order valence-electron chi connectivity index (χ2n) is 3.35. The van der Waals surface area contributed by atoms with Gasteiger partial charge in [0.15, 0.2) is 5.96 Å². The van der Waals surface area contributed by atoms with Crippen LogP contribution in [0.25, 0.3) is 0 Å². The van der Waals surface area contributed by atoms with Crippen LogP contribution in [0.3, 0.4) is 0 Å². The Morgan fingerprint density at radius 2 is 1.69 bits per heavy atom. The average Bonchev–Trinajstić information content (AvgIpc) is 2.28. The molecule has 86 valence electrons. The van der Waals surface area contributed by atoms with Gasteiger partial charge < -0.3 is 17.2 Å². The van der Waals surface area contributed by atoms with Gasteiger partial charge in [-0.2, -0.15) is 0 Å². The maximum atomic E-state index is 5.62. The Bertz CT molecular complexity index is 365. The van der Waals surface area contributed by atoms with E-state index < -0.39 is 0 Å². The Hall–Kier alpha value is -2.04. The summed E-state index contributed by atoms with van der Waals surface area (Å²) in [6, 6.07) is 10.1. The summed E-state index contributed by atoms with van der Waals surface area (Å²) in [7, 11) is 0. The summed E-state index contributed by atoms with van der Waals surface area (Å²) in [6.07, 6.45) is 0.864. The molecule has 0 radical (unpaired) electrons. The normalized spacial score (nSPS) is 11.1. The summed E-state index contributed by atoms with van der Waals surface area (Å²) in [6.45, 7) is 0.910. The molecular formula is C11H17N5. The second-order valence-corrected chi connectivity index (χ2v) is 3.35. The summed E-state index contributed by atoms with van der Waals surface area (Å²) in [5, 5.41) is 0. The molecule has 0 unspecified atom stereocenters. The zero-order valence-electron chi connectivity index (χ0n) is 9.13. The molecule has 16 heavy (non-hydrogen) atoms. The van der Waals surface area contributed by atoms with E-state index in [1.54, 1.807) is 0 Å². The number of guanidine groups is 1. The first-order valence-electron chi connectivity index (χ1n) is 5.06. The lowest BCUT2D eigenvalue weighted by atomic mass is 10.2. The van der Waals surface area contributed by atoms with Gasteiger partial charge in [0.1, 0.15) is 5.84 Å². The first kappa shape index (κ1) is 12.0. The summed E-state index contributed by atoms with van der Waals surface area (Å²) in [5.74, 6) is 0.477. The maximum Gasteiger partial charge on any atom is 0.186 e. The Balaban J connectivity index is 2.34. The topological polar surface area (TPSA) is 103 Å². The smallest absolute Gasteiger partial charge is 0.186 e. The molecule has 1 aromatic rings. The highest BCUT2D eigenvalue weighted by Gasteiger charge is 1.92. The molecule has 0 bridgehead atoms. The van der Waals surface area contributed by atoms with Crippen molar-refractivity contribution in [2.24, 2.45) is 27.2 Å². The lowest BCUT2D eigenvalue weighted by Gasteiger charge is -1.99. The van der Waals surface area contributed by atoms with Crippen LogP contribution >= 0.6 is 0 Å². The third-order valence-electron chi connectivity index (χ3n) is 1.98. The highest BCUT2D eigenvalue weighted by atomic mass is 15.0. The molecule has 0 aliphatic carbocycles. The maximum absolute atomic E-state index is 5.62. The zero-order chi connectivity index (χ0) is 11.8. The summed E-state index contributed by atoms with van der Waals surface area (Å²) in [4.78, 5) is 7.93. The van der Waals surface area contributed by atoms with Gasteiger partial charge in [0.25, 0.3) is 0 Å².